The molecule has 0 heterocycles. The summed E-state index contributed by atoms with van der Waals surface area (Å²) in [6.45, 7) is 0. The van der Waals surface area contributed by atoms with Crippen molar-refractivity contribution < 1.29 is 19.1 Å². The molecule has 0 radical (unpaired) electrons. The largest absolute Gasteiger partial charge is 0.481 e. The minimum absolute atomic E-state index is 0.0624. The highest BCUT2D eigenvalue weighted by Gasteiger charge is 2.33. The number of carbonyl (C=O) groups is 2. The summed E-state index contributed by atoms with van der Waals surface area (Å²) in [5.74, 6) is -2.42. The Bertz CT molecular complexity index is 521. The van der Waals surface area contributed by atoms with Gasteiger partial charge in [-0.25, -0.2) is 4.39 Å². The quantitative estimate of drug-likeness (QED) is 0.897. The topological polar surface area (TPSA) is 66.4 Å². The molecule has 2 rings (SSSR count). The van der Waals surface area contributed by atoms with Crippen molar-refractivity contribution >= 4 is 29.2 Å². The van der Waals surface area contributed by atoms with E-state index in [4.69, 9.17) is 16.7 Å². The van der Waals surface area contributed by atoms with Crippen LogP contribution in [-0.2, 0) is 9.59 Å². The maximum atomic E-state index is 13.0. The van der Waals surface area contributed by atoms with Gasteiger partial charge in [-0.2, -0.15) is 0 Å². The Labute approximate surface area is 114 Å². The van der Waals surface area contributed by atoms with Crippen LogP contribution in [0.5, 0.6) is 0 Å². The molecule has 6 heteroatoms. The maximum Gasteiger partial charge on any atom is 0.306 e. The predicted molar refractivity (Wildman–Crippen MR) is 68.5 cm³/mol. The van der Waals surface area contributed by atoms with Gasteiger partial charge in [0.2, 0.25) is 5.91 Å². The van der Waals surface area contributed by atoms with Crippen molar-refractivity contribution in [3.63, 3.8) is 0 Å². The molecule has 0 bridgehead atoms. The Balaban J connectivity index is 1.98. The number of halogens is 2. The first-order valence-corrected chi connectivity index (χ1v) is 6.34. The Morgan fingerprint density at radius 2 is 2.00 bits per heavy atom. The first-order valence-electron chi connectivity index (χ1n) is 5.96. The second-order valence-electron chi connectivity index (χ2n) is 4.66. The third-order valence-corrected chi connectivity index (χ3v) is 3.63. The molecule has 1 aliphatic rings. The van der Waals surface area contributed by atoms with E-state index in [0.29, 0.717) is 24.9 Å². The Morgan fingerprint density at radius 3 is 2.58 bits per heavy atom. The van der Waals surface area contributed by atoms with E-state index in [1.165, 1.54) is 18.2 Å². The molecule has 102 valence electrons. The SMILES string of the molecule is O=C(O)C1CCC(C(=O)Nc2ccc(F)c(Cl)c2)C1. The Kier molecular flexibility index (Phi) is 4.04. The van der Waals surface area contributed by atoms with Crippen molar-refractivity contribution in [3.05, 3.63) is 29.0 Å². The van der Waals surface area contributed by atoms with Gasteiger partial charge in [0, 0.05) is 11.6 Å². The first-order chi connectivity index (χ1) is 8.97. The number of hydrogen-bond acceptors (Lipinski definition) is 2. The molecule has 0 aliphatic heterocycles. The van der Waals surface area contributed by atoms with Crippen molar-refractivity contribution in [2.24, 2.45) is 11.8 Å². The summed E-state index contributed by atoms with van der Waals surface area (Å²) >= 11 is 5.62. The normalized spacial score (nSPS) is 22.2. The molecular formula is C13H13ClFNO3. The van der Waals surface area contributed by atoms with Gasteiger partial charge in [-0.3, -0.25) is 9.59 Å². The highest BCUT2D eigenvalue weighted by Crippen LogP contribution is 2.32. The monoisotopic (exact) mass is 285 g/mol. The lowest BCUT2D eigenvalue weighted by Crippen LogP contribution is -2.21. The molecular weight excluding hydrogens is 273 g/mol. The summed E-state index contributed by atoms with van der Waals surface area (Å²) in [5.41, 5.74) is 0.412. The summed E-state index contributed by atoms with van der Waals surface area (Å²) in [4.78, 5) is 22.8. The average Bonchev–Trinajstić information content (AvgIpc) is 2.83. The van der Waals surface area contributed by atoms with Crippen LogP contribution in [0, 0.1) is 17.7 Å². The molecule has 2 N–H and O–H groups in total. The molecule has 4 nitrogen and oxygen atoms in total. The van der Waals surface area contributed by atoms with Crippen LogP contribution < -0.4 is 5.32 Å². The van der Waals surface area contributed by atoms with Crippen molar-refractivity contribution in [2.75, 3.05) is 5.32 Å². The molecule has 0 spiro atoms. The van der Waals surface area contributed by atoms with E-state index in [9.17, 15) is 14.0 Å². The number of benzene rings is 1. The molecule has 1 saturated carbocycles. The fourth-order valence-corrected chi connectivity index (χ4v) is 2.44. The van der Waals surface area contributed by atoms with E-state index < -0.39 is 17.7 Å². The van der Waals surface area contributed by atoms with Crippen LogP contribution >= 0.6 is 11.6 Å². The van der Waals surface area contributed by atoms with Gasteiger partial charge in [-0.15, -0.1) is 0 Å². The van der Waals surface area contributed by atoms with Gasteiger partial charge in [0.15, 0.2) is 0 Å². The molecule has 1 aromatic carbocycles. The predicted octanol–water partition coefficient (Wildman–Crippen LogP) is 2.92. The molecule has 0 aromatic heterocycles. The van der Waals surface area contributed by atoms with E-state index in [1.807, 2.05) is 0 Å². The van der Waals surface area contributed by atoms with Crippen molar-refractivity contribution in [1.82, 2.24) is 0 Å². The maximum absolute atomic E-state index is 13.0. The van der Waals surface area contributed by atoms with Crippen molar-refractivity contribution in [1.29, 1.82) is 0 Å². The molecule has 19 heavy (non-hydrogen) atoms. The number of anilines is 1. The fourth-order valence-electron chi connectivity index (χ4n) is 2.26. The third-order valence-electron chi connectivity index (χ3n) is 3.34. The number of aliphatic carboxylic acids is 1. The summed E-state index contributed by atoms with van der Waals surface area (Å²) < 4.78 is 13.0. The van der Waals surface area contributed by atoms with E-state index in [1.54, 1.807) is 0 Å². The summed E-state index contributed by atoms with van der Waals surface area (Å²) in [5, 5.41) is 11.4. The minimum atomic E-state index is -0.861. The van der Waals surface area contributed by atoms with Crippen LogP contribution in [-0.4, -0.2) is 17.0 Å². The van der Waals surface area contributed by atoms with Gasteiger partial charge in [0.25, 0.3) is 0 Å². The number of carbonyl (C=O) groups excluding carboxylic acids is 1. The van der Waals surface area contributed by atoms with Gasteiger partial charge < -0.3 is 10.4 Å². The highest BCUT2D eigenvalue weighted by molar-refractivity contribution is 6.31. The fraction of sp³-hybridized carbons (Fsp3) is 0.385. The van der Waals surface area contributed by atoms with Crippen LogP contribution in [0.25, 0.3) is 0 Å². The zero-order valence-electron chi connectivity index (χ0n) is 10.0. The van der Waals surface area contributed by atoms with E-state index in [2.05, 4.69) is 5.32 Å². The van der Waals surface area contributed by atoms with Crippen molar-refractivity contribution in [3.8, 4) is 0 Å². The van der Waals surface area contributed by atoms with E-state index in [-0.39, 0.29) is 16.8 Å². The zero-order valence-corrected chi connectivity index (χ0v) is 10.8. The standard InChI is InChI=1S/C13H13ClFNO3/c14-10-6-9(3-4-11(10)15)16-12(17)7-1-2-8(5-7)13(18)19/h3-4,6-8H,1-2,5H2,(H,16,17)(H,18,19). The summed E-state index contributed by atoms with van der Waals surface area (Å²) in [6.07, 6.45) is 1.41. The van der Waals surface area contributed by atoms with Crippen LogP contribution in [0.3, 0.4) is 0 Å². The average molecular weight is 286 g/mol. The molecule has 1 aromatic rings. The summed E-state index contributed by atoms with van der Waals surface area (Å²) in [7, 11) is 0. The highest BCUT2D eigenvalue weighted by atomic mass is 35.5. The van der Waals surface area contributed by atoms with E-state index >= 15 is 0 Å². The molecule has 2 unspecified atom stereocenters. The number of nitrogens with one attached hydrogen (secondary N) is 1. The van der Waals surface area contributed by atoms with Crippen LogP contribution in [0.15, 0.2) is 18.2 Å². The second kappa shape index (κ2) is 5.57. The number of hydrogen-bond donors (Lipinski definition) is 2. The van der Waals surface area contributed by atoms with Gasteiger partial charge in [0.1, 0.15) is 5.82 Å². The molecule has 1 amide bonds. The van der Waals surface area contributed by atoms with Crippen molar-refractivity contribution in [2.45, 2.75) is 19.3 Å². The summed E-state index contributed by atoms with van der Waals surface area (Å²) in [6, 6.07) is 3.92. The van der Waals surface area contributed by atoms with Gasteiger partial charge in [-0.1, -0.05) is 11.6 Å². The van der Waals surface area contributed by atoms with Gasteiger partial charge in [0.05, 0.1) is 10.9 Å². The number of amides is 1. The van der Waals surface area contributed by atoms with Gasteiger partial charge >= 0.3 is 5.97 Å². The molecule has 1 fully saturated rings. The second-order valence-corrected chi connectivity index (χ2v) is 5.07. The lowest BCUT2D eigenvalue weighted by molar-refractivity contribution is -0.141. The number of rotatable bonds is 3. The Morgan fingerprint density at radius 1 is 1.32 bits per heavy atom. The lowest BCUT2D eigenvalue weighted by atomic mass is 10.0. The number of carboxylic acids is 1. The zero-order chi connectivity index (χ0) is 14.0. The Hall–Kier alpha value is -1.62. The smallest absolute Gasteiger partial charge is 0.306 e. The van der Waals surface area contributed by atoms with Crippen LogP contribution in [0.1, 0.15) is 19.3 Å². The minimum Gasteiger partial charge on any atom is -0.481 e. The van der Waals surface area contributed by atoms with Crippen LogP contribution in [0.2, 0.25) is 5.02 Å². The first kappa shape index (κ1) is 13.8. The van der Waals surface area contributed by atoms with Gasteiger partial charge in [-0.05, 0) is 37.5 Å². The lowest BCUT2D eigenvalue weighted by Gasteiger charge is -2.11. The third kappa shape index (κ3) is 3.23. The molecule has 1 aliphatic carbocycles. The van der Waals surface area contributed by atoms with E-state index in [0.717, 1.165) is 0 Å². The van der Waals surface area contributed by atoms with Crippen LogP contribution in [0.4, 0.5) is 10.1 Å². The molecule has 0 saturated heterocycles. The molecule has 2 atom stereocenters. The number of carboxylic acid groups (broad SMARTS) is 1.